The van der Waals surface area contributed by atoms with Crippen LogP contribution in [0.25, 0.3) is 0 Å². The summed E-state index contributed by atoms with van der Waals surface area (Å²) in [6.45, 7) is 4.86. The Bertz CT molecular complexity index is 658. The first-order valence-electron chi connectivity index (χ1n) is 7.17. The molecule has 0 bridgehead atoms. The number of hydrogen-bond donors (Lipinski definition) is 2. The summed E-state index contributed by atoms with van der Waals surface area (Å²) in [5, 5.41) is 6.35. The predicted molar refractivity (Wildman–Crippen MR) is 86.6 cm³/mol. The number of carbonyl (C=O) groups is 1. The van der Waals surface area contributed by atoms with Crippen molar-refractivity contribution in [2.45, 2.75) is 20.3 Å². The van der Waals surface area contributed by atoms with Crippen molar-refractivity contribution in [2.75, 3.05) is 24.3 Å². The van der Waals surface area contributed by atoms with Crippen molar-refractivity contribution in [3.8, 4) is 0 Å². The predicted octanol–water partition coefficient (Wildman–Crippen LogP) is 3.14. The Morgan fingerprint density at radius 1 is 1.27 bits per heavy atom. The monoisotopic (exact) mass is 300 g/mol. The van der Waals surface area contributed by atoms with Gasteiger partial charge in [0.1, 0.15) is 5.82 Å². The lowest BCUT2D eigenvalue weighted by Gasteiger charge is -2.10. The molecule has 2 aromatic rings. The third kappa shape index (κ3) is 4.18. The van der Waals surface area contributed by atoms with Crippen LogP contribution >= 0.6 is 0 Å². The molecule has 0 unspecified atom stereocenters. The van der Waals surface area contributed by atoms with Gasteiger partial charge in [-0.15, -0.1) is 0 Å². The van der Waals surface area contributed by atoms with Crippen LogP contribution in [-0.4, -0.2) is 29.6 Å². The van der Waals surface area contributed by atoms with Crippen LogP contribution in [0.5, 0.6) is 0 Å². The van der Waals surface area contributed by atoms with Crippen molar-refractivity contribution >= 4 is 23.4 Å². The summed E-state index contributed by atoms with van der Waals surface area (Å²) in [5.74, 6) is 0.890. The fourth-order valence-corrected chi connectivity index (χ4v) is 1.94. The average molecular weight is 300 g/mol. The third-order valence-corrected chi connectivity index (χ3v) is 2.95. The van der Waals surface area contributed by atoms with E-state index in [1.54, 1.807) is 18.2 Å². The van der Waals surface area contributed by atoms with Crippen LogP contribution in [0.1, 0.15) is 29.4 Å². The van der Waals surface area contributed by atoms with E-state index in [1.807, 2.05) is 19.1 Å². The normalized spacial score (nSPS) is 10.1. The molecule has 0 aliphatic carbocycles. The average Bonchev–Trinajstić information content (AvgIpc) is 2.52. The second-order valence-corrected chi connectivity index (χ2v) is 4.84. The molecule has 1 aromatic carbocycles. The van der Waals surface area contributed by atoms with Gasteiger partial charge < -0.3 is 15.4 Å². The van der Waals surface area contributed by atoms with Crippen LogP contribution in [0.2, 0.25) is 0 Å². The van der Waals surface area contributed by atoms with Gasteiger partial charge >= 0.3 is 5.97 Å². The van der Waals surface area contributed by atoms with Crippen LogP contribution in [0.4, 0.5) is 17.5 Å². The number of esters is 1. The summed E-state index contributed by atoms with van der Waals surface area (Å²) in [5.41, 5.74) is 2.07. The fourth-order valence-electron chi connectivity index (χ4n) is 1.94. The van der Waals surface area contributed by atoms with E-state index in [4.69, 9.17) is 4.74 Å². The maximum absolute atomic E-state index is 11.6. The van der Waals surface area contributed by atoms with Gasteiger partial charge in [-0.3, -0.25) is 0 Å². The molecule has 0 aliphatic rings. The molecule has 2 N–H and O–H groups in total. The van der Waals surface area contributed by atoms with Crippen molar-refractivity contribution in [2.24, 2.45) is 0 Å². The smallest absolute Gasteiger partial charge is 0.337 e. The molecular weight excluding hydrogens is 280 g/mol. The van der Waals surface area contributed by atoms with Crippen molar-refractivity contribution in [1.82, 2.24) is 9.97 Å². The quantitative estimate of drug-likeness (QED) is 0.798. The highest BCUT2D eigenvalue weighted by atomic mass is 16.5. The zero-order valence-electron chi connectivity index (χ0n) is 13.0. The SMILES string of the molecule is CCCNc1cc(C)nc(Nc2cccc(C(=O)OC)c2)n1. The Labute approximate surface area is 129 Å². The number of nitrogens with zero attached hydrogens (tertiary/aromatic N) is 2. The second-order valence-electron chi connectivity index (χ2n) is 4.84. The summed E-state index contributed by atoms with van der Waals surface area (Å²) < 4.78 is 4.72. The molecule has 0 radical (unpaired) electrons. The number of nitrogens with one attached hydrogen (secondary N) is 2. The van der Waals surface area contributed by atoms with Crippen molar-refractivity contribution < 1.29 is 9.53 Å². The summed E-state index contributed by atoms with van der Waals surface area (Å²) in [4.78, 5) is 20.3. The van der Waals surface area contributed by atoms with Gasteiger partial charge in [-0.2, -0.15) is 4.98 Å². The number of carbonyl (C=O) groups excluding carboxylic acids is 1. The Morgan fingerprint density at radius 2 is 2.09 bits per heavy atom. The lowest BCUT2D eigenvalue weighted by molar-refractivity contribution is 0.0601. The highest BCUT2D eigenvalue weighted by Gasteiger charge is 2.07. The Morgan fingerprint density at radius 3 is 2.82 bits per heavy atom. The zero-order chi connectivity index (χ0) is 15.9. The minimum Gasteiger partial charge on any atom is -0.465 e. The van der Waals surface area contributed by atoms with Gasteiger partial charge in [0.25, 0.3) is 0 Å². The van der Waals surface area contributed by atoms with E-state index < -0.39 is 0 Å². The van der Waals surface area contributed by atoms with Crippen LogP contribution in [0.15, 0.2) is 30.3 Å². The molecule has 0 saturated carbocycles. The molecule has 1 heterocycles. The van der Waals surface area contributed by atoms with E-state index in [-0.39, 0.29) is 5.97 Å². The minimum atomic E-state index is -0.376. The van der Waals surface area contributed by atoms with Crippen LogP contribution in [-0.2, 0) is 4.74 Å². The molecule has 0 fully saturated rings. The van der Waals surface area contributed by atoms with E-state index in [0.717, 1.165) is 30.2 Å². The number of ether oxygens (including phenoxy) is 1. The maximum atomic E-state index is 11.6. The number of rotatable bonds is 6. The molecular formula is C16H20N4O2. The maximum Gasteiger partial charge on any atom is 0.337 e. The van der Waals surface area contributed by atoms with Crippen LogP contribution < -0.4 is 10.6 Å². The molecule has 0 saturated heterocycles. The topological polar surface area (TPSA) is 76.1 Å². The molecule has 0 amide bonds. The highest BCUT2D eigenvalue weighted by Crippen LogP contribution is 2.17. The number of hydrogen-bond acceptors (Lipinski definition) is 6. The lowest BCUT2D eigenvalue weighted by atomic mass is 10.2. The Kier molecular flexibility index (Phi) is 5.30. The van der Waals surface area contributed by atoms with Crippen molar-refractivity contribution in [3.63, 3.8) is 0 Å². The summed E-state index contributed by atoms with van der Waals surface area (Å²) >= 11 is 0. The van der Waals surface area contributed by atoms with E-state index >= 15 is 0 Å². The molecule has 116 valence electrons. The van der Waals surface area contributed by atoms with Crippen molar-refractivity contribution in [3.05, 3.63) is 41.6 Å². The highest BCUT2D eigenvalue weighted by molar-refractivity contribution is 5.90. The van der Waals surface area contributed by atoms with E-state index in [1.165, 1.54) is 7.11 Å². The zero-order valence-corrected chi connectivity index (χ0v) is 13.0. The molecule has 0 aliphatic heterocycles. The van der Waals surface area contributed by atoms with Crippen LogP contribution in [0, 0.1) is 6.92 Å². The standard InChI is InChI=1S/C16H20N4O2/c1-4-8-17-14-9-11(2)18-16(20-14)19-13-7-5-6-12(10-13)15(21)22-3/h5-7,9-10H,4,8H2,1-3H3,(H2,17,18,19,20). The molecule has 2 rings (SSSR count). The summed E-state index contributed by atoms with van der Waals surface area (Å²) in [6.07, 6.45) is 1.02. The Hall–Kier alpha value is -2.63. The van der Waals surface area contributed by atoms with E-state index in [2.05, 4.69) is 27.5 Å². The van der Waals surface area contributed by atoms with Gasteiger partial charge in [0.05, 0.1) is 12.7 Å². The number of aromatic nitrogens is 2. The molecule has 0 spiro atoms. The van der Waals surface area contributed by atoms with Gasteiger partial charge in [-0.1, -0.05) is 13.0 Å². The number of anilines is 3. The number of methoxy groups -OCH3 is 1. The lowest BCUT2D eigenvalue weighted by Crippen LogP contribution is -2.06. The number of benzene rings is 1. The van der Waals surface area contributed by atoms with E-state index in [9.17, 15) is 4.79 Å². The molecule has 0 atom stereocenters. The Balaban J connectivity index is 2.19. The number of aryl methyl sites for hydroxylation is 1. The first-order valence-corrected chi connectivity index (χ1v) is 7.17. The van der Waals surface area contributed by atoms with Gasteiger partial charge in [0.2, 0.25) is 5.95 Å². The second kappa shape index (κ2) is 7.40. The van der Waals surface area contributed by atoms with Crippen LogP contribution in [0.3, 0.4) is 0 Å². The summed E-state index contributed by atoms with van der Waals surface area (Å²) in [6, 6.07) is 8.92. The third-order valence-electron chi connectivity index (χ3n) is 2.95. The summed E-state index contributed by atoms with van der Waals surface area (Å²) in [7, 11) is 1.36. The van der Waals surface area contributed by atoms with Gasteiger partial charge in [-0.05, 0) is 31.5 Å². The van der Waals surface area contributed by atoms with Crippen molar-refractivity contribution in [1.29, 1.82) is 0 Å². The molecule has 22 heavy (non-hydrogen) atoms. The van der Waals surface area contributed by atoms with Gasteiger partial charge in [-0.25, -0.2) is 9.78 Å². The molecule has 6 heteroatoms. The minimum absolute atomic E-state index is 0.376. The molecule has 6 nitrogen and oxygen atoms in total. The van der Waals surface area contributed by atoms with E-state index in [0.29, 0.717) is 11.5 Å². The van der Waals surface area contributed by atoms with Gasteiger partial charge in [0, 0.05) is 24.0 Å². The van der Waals surface area contributed by atoms with Gasteiger partial charge in [0.15, 0.2) is 0 Å². The first kappa shape index (κ1) is 15.8. The fraction of sp³-hybridized carbons (Fsp3) is 0.312. The largest absolute Gasteiger partial charge is 0.465 e. The molecule has 1 aromatic heterocycles. The first-order chi connectivity index (χ1) is 10.6.